The summed E-state index contributed by atoms with van der Waals surface area (Å²) in [6.45, 7) is 1.92. The third-order valence-corrected chi connectivity index (χ3v) is 2.57. The molecule has 16 heavy (non-hydrogen) atoms. The second kappa shape index (κ2) is 3.55. The number of nitrogens with zero attached hydrogens (tertiary/aromatic N) is 4. The molecule has 2 rings (SSSR count). The molecule has 2 aromatic heterocycles. The number of anilines is 1. The van der Waals surface area contributed by atoms with Gasteiger partial charge in [0.25, 0.3) is 0 Å². The molecule has 0 aliphatic carbocycles. The summed E-state index contributed by atoms with van der Waals surface area (Å²) in [4.78, 5) is 0. The standard InChI is InChI=1S/C10H15N5O/c1-6-8(10(16-4)15(3)13-6)9-7(11)5-12-14(9)2/h5H,11H2,1-4H3. The Hall–Kier alpha value is -1.98. The van der Waals surface area contributed by atoms with Crippen LogP contribution in [-0.2, 0) is 14.1 Å². The number of aromatic nitrogens is 4. The van der Waals surface area contributed by atoms with Crippen molar-refractivity contribution < 1.29 is 4.74 Å². The zero-order valence-electron chi connectivity index (χ0n) is 9.85. The highest BCUT2D eigenvalue weighted by molar-refractivity contribution is 5.78. The molecule has 0 spiro atoms. The number of rotatable bonds is 2. The molecule has 0 aliphatic heterocycles. The highest BCUT2D eigenvalue weighted by Gasteiger charge is 2.20. The maximum atomic E-state index is 5.90. The molecule has 0 aliphatic rings. The molecule has 0 atom stereocenters. The van der Waals surface area contributed by atoms with E-state index in [1.165, 1.54) is 0 Å². The van der Waals surface area contributed by atoms with Crippen LogP contribution in [0.15, 0.2) is 6.20 Å². The lowest BCUT2D eigenvalue weighted by Crippen LogP contribution is -1.99. The van der Waals surface area contributed by atoms with E-state index in [2.05, 4.69) is 10.2 Å². The first-order valence-corrected chi connectivity index (χ1v) is 4.91. The normalized spacial score (nSPS) is 10.8. The lowest BCUT2D eigenvalue weighted by atomic mass is 10.1. The second-order valence-electron chi connectivity index (χ2n) is 3.67. The second-order valence-corrected chi connectivity index (χ2v) is 3.67. The molecule has 2 N–H and O–H groups in total. The lowest BCUT2D eigenvalue weighted by Gasteiger charge is -2.06. The van der Waals surface area contributed by atoms with Crippen LogP contribution in [0.1, 0.15) is 5.69 Å². The summed E-state index contributed by atoms with van der Waals surface area (Å²) in [6.07, 6.45) is 1.63. The Labute approximate surface area is 93.6 Å². The van der Waals surface area contributed by atoms with Crippen molar-refractivity contribution >= 4 is 5.69 Å². The van der Waals surface area contributed by atoms with Crippen LogP contribution in [0.3, 0.4) is 0 Å². The minimum Gasteiger partial charge on any atom is -0.481 e. The zero-order chi connectivity index (χ0) is 11.9. The molecule has 6 heteroatoms. The SMILES string of the molecule is COc1c(-c2c(N)cnn2C)c(C)nn1C. The van der Waals surface area contributed by atoms with E-state index in [1.807, 2.05) is 21.0 Å². The van der Waals surface area contributed by atoms with E-state index in [-0.39, 0.29) is 0 Å². The third kappa shape index (κ3) is 1.34. The highest BCUT2D eigenvalue weighted by atomic mass is 16.5. The van der Waals surface area contributed by atoms with Gasteiger partial charge in [-0.15, -0.1) is 0 Å². The first kappa shape index (κ1) is 10.5. The molecular weight excluding hydrogens is 206 g/mol. The predicted octanol–water partition coefficient (Wildman–Crippen LogP) is 0.720. The van der Waals surface area contributed by atoms with Gasteiger partial charge in [-0.3, -0.25) is 4.68 Å². The van der Waals surface area contributed by atoms with E-state index in [0.29, 0.717) is 11.6 Å². The molecule has 6 nitrogen and oxygen atoms in total. The van der Waals surface area contributed by atoms with Crippen molar-refractivity contribution in [2.24, 2.45) is 14.1 Å². The molecule has 0 radical (unpaired) electrons. The van der Waals surface area contributed by atoms with Crippen LogP contribution >= 0.6 is 0 Å². The number of hydrogen-bond donors (Lipinski definition) is 1. The van der Waals surface area contributed by atoms with Crippen LogP contribution in [0.25, 0.3) is 11.3 Å². The summed E-state index contributed by atoms with van der Waals surface area (Å²) in [5.41, 5.74) is 9.12. The van der Waals surface area contributed by atoms with E-state index in [0.717, 1.165) is 17.0 Å². The van der Waals surface area contributed by atoms with E-state index in [9.17, 15) is 0 Å². The fourth-order valence-electron chi connectivity index (χ4n) is 1.90. The Bertz CT molecular complexity index is 506. The summed E-state index contributed by atoms with van der Waals surface area (Å²) in [7, 11) is 5.30. The summed E-state index contributed by atoms with van der Waals surface area (Å²) in [5.74, 6) is 0.688. The number of nitrogens with two attached hydrogens (primary N) is 1. The average Bonchev–Trinajstić information content (AvgIpc) is 2.68. The van der Waals surface area contributed by atoms with Crippen molar-refractivity contribution in [3.63, 3.8) is 0 Å². The third-order valence-electron chi connectivity index (χ3n) is 2.57. The lowest BCUT2D eigenvalue weighted by molar-refractivity contribution is 0.374. The first-order chi connectivity index (χ1) is 7.56. The molecule has 0 saturated carbocycles. The molecule has 0 aromatic carbocycles. The molecular formula is C10H15N5O. The smallest absolute Gasteiger partial charge is 0.221 e. The van der Waals surface area contributed by atoms with Gasteiger partial charge in [-0.1, -0.05) is 0 Å². The first-order valence-electron chi connectivity index (χ1n) is 4.91. The van der Waals surface area contributed by atoms with Crippen LogP contribution in [0.5, 0.6) is 5.88 Å². The van der Waals surface area contributed by atoms with Crippen molar-refractivity contribution in [3.8, 4) is 17.1 Å². The van der Waals surface area contributed by atoms with Gasteiger partial charge in [0.05, 0.1) is 35.9 Å². The summed E-state index contributed by atoms with van der Waals surface area (Å²) in [6, 6.07) is 0. The quantitative estimate of drug-likeness (QED) is 0.811. The summed E-state index contributed by atoms with van der Waals surface area (Å²) >= 11 is 0. The number of ether oxygens (including phenoxy) is 1. The van der Waals surface area contributed by atoms with Crippen molar-refractivity contribution in [2.45, 2.75) is 6.92 Å². The highest BCUT2D eigenvalue weighted by Crippen LogP contribution is 2.35. The van der Waals surface area contributed by atoms with Crippen molar-refractivity contribution in [3.05, 3.63) is 11.9 Å². The Kier molecular flexibility index (Phi) is 2.34. The molecule has 0 saturated heterocycles. The molecule has 86 valence electrons. The average molecular weight is 221 g/mol. The van der Waals surface area contributed by atoms with Gasteiger partial charge in [-0.05, 0) is 6.92 Å². The Balaban J connectivity index is 2.73. The Morgan fingerprint density at radius 3 is 2.50 bits per heavy atom. The number of hydrogen-bond acceptors (Lipinski definition) is 4. The van der Waals surface area contributed by atoms with E-state index in [1.54, 1.807) is 22.7 Å². The number of methoxy groups -OCH3 is 1. The topological polar surface area (TPSA) is 70.9 Å². The Morgan fingerprint density at radius 1 is 1.31 bits per heavy atom. The molecule has 0 amide bonds. The largest absolute Gasteiger partial charge is 0.481 e. The maximum Gasteiger partial charge on any atom is 0.221 e. The van der Waals surface area contributed by atoms with Crippen molar-refractivity contribution in [1.29, 1.82) is 0 Å². The Morgan fingerprint density at radius 2 is 2.00 bits per heavy atom. The maximum absolute atomic E-state index is 5.90. The minimum absolute atomic E-state index is 0.622. The van der Waals surface area contributed by atoms with E-state index in [4.69, 9.17) is 10.5 Å². The van der Waals surface area contributed by atoms with Gasteiger partial charge in [-0.2, -0.15) is 10.2 Å². The van der Waals surface area contributed by atoms with E-state index >= 15 is 0 Å². The fourth-order valence-corrected chi connectivity index (χ4v) is 1.90. The predicted molar refractivity (Wildman–Crippen MR) is 61.1 cm³/mol. The molecule has 2 heterocycles. The summed E-state index contributed by atoms with van der Waals surface area (Å²) < 4.78 is 8.75. The molecule has 0 bridgehead atoms. The number of nitrogen functional groups attached to an aromatic ring is 1. The van der Waals surface area contributed by atoms with Crippen LogP contribution in [-0.4, -0.2) is 26.7 Å². The monoisotopic (exact) mass is 221 g/mol. The van der Waals surface area contributed by atoms with Gasteiger partial charge in [0.2, 0.25) is 5.88 Å². The molecule has 0 unspecified atom stereocenters. The van der Waals surface area contributed by atoms with Crippen LogP contribution in [0.2, 0.25) is 0 Å². The van der Waals surface area contributed by atoms with Gasteiger partial charge >= 0.3 is 0 Å². The zero-order valence-corrected chi connectivity index (χ0v) is 9.85. The van der Waals surface area contributed by atoms with Gasteiger partial charge < -0.3 is 10.5 Å². The molecule has 0 fully saturated rings. The van der Waals surface area contributed by atoms with E-state index < -0.39 is 0 Å². The van der Waals surface area contributed by atoms with Crippen LogP contribution < -0.4 is 10.5 Å². The van der Waals surface area contributed by atoms with Crippen LogP contribution in [0, 0.1) is 6.92 Å². The minimum atomic E-state index is 0.622. The van der Waals surface area contributed by atoms with Gasteiger partial charge in [-0.25, -0.2) is 4.68 Å². The van der Waals surface area contributed by atoms with Crippen LogP contribution in [0.4, 0.5) is 5.69 Å². The van der Waals surface area contributed by atoms with Gasteiger partial charge in [0, 0.05) is 14.1 Å². The van der Waals surface area contributed by atoms with Gasteiger partial charge in [0.15, 0.2) is 0 Å². The van der Waals surface area contributed by atoms with Crippen molar-refractivity contribution in [2.75, 3.05) is 12.8 Å². The van der Waals surface area contributed by atoms with Gasteiger partial charge in [0.1, 0.15) is 0 Å². The summed E-state index contributed by atoms with van der Waals surface area (Å²) in [5, 5.41) is 8.43. The fraction of sp³-hybridized carbons (Fsp3) is 0.400. The van der Waals surface area contributed by atoms with Crippen molar-refractivity contribution in [1.82, 2.24) is 19.6 Å². The molecule has 2 aromatic rings. The number of aryl methyl sites for hydroxylation is 3.